The van der Waals surface area contributed by atoms with Crippen molar-refractivity contribution in [3.63, 3.8) is 0 Å². The van der Waals surface area contributed by atoms with Crippen LogP contribution in [0.25, 0.3) is 22.6 Å². The topological polar surface area (TPSA) is 82.1 Å². The summed E-state index contributed by atoms with van der Waals surface area (Å²) in [6.07, 6.45) is -3.03. The lowest BCUT2D eigenvalue weighted by Crippen LogP contribution is -2.03. The fourth-order valence-electron chi connectivity index (χ4n) is 2.14. The van der Waals surface area contributed by atoms with E-state index >= 15 is 0 Å². The van der Waals surface area contributed by atoms with Gasteiger partial charge in [-0.2, -0.15) is 13.2 Å². The highest BCUT2D eigenvalue weighted by molar-refractivity contribution is 6.50. The van der Waals surface area contributed by atoms with Gasteiger partial charge in [-0.05, 0) is 35.9 Å². The minimum Gasteiger partial charge on any atom is -0.415 e. The molecule has 6 nitrogen and oxygen atoms in total. The standard InChI is InChI=1S/C17H9ClF3N3O3/c18-14(9-10-1-5-12(6-2-10)17(19,20)21)16-23-22-15(27-16)11-3-7-13(8-4-11)24(25)26/h1-9H/b14-9-. The van der Waals surface area contributed by atoms with Crippen molar-refractivity contribution < 1.29 is 22.5 Å². The summed E-state index contributed by atoms with van der Waals surface area (Å²) in [5, 5.41) is 18.3. The molecule has 0 aliphatic heterocycles. The number of aromatic nitrogens is 2. The van der Waals surface area contributed by atoms with Crippen LogP contribution in [0.1, 0.15) is 17.0 Å². The lowest BCUT2D eigenvalue weighted by atomic mass is 10.1. The van der Waals surface area contributed by atoms with Crippen LogP contribution in [0.2, 0.25) is 0 Å². The summed E-state index contributed by atoms with van der Waals surface area (Å²) < 4.78 is 43.1. The van der Waals surface area contributed by atoms with Crippen LogP contribution in [0.4, 0.5) is 18.9 Å². The molecule has 0 atom stereocenters. The van der Waals surface area contributed by atoms with Gasteiger partial charge >= 0.3 is 6.18 Å². The van der Waals surface area contributed by atoms with Crippen molar-refractivity contribution in [3.8, 4) is 11.5 Å². The van der Waals surface area contributed by atoms with E-state index in [4.69, 9.17) is 16.0 Å². The molecule has 3 rings (SSSR count). The molecule has 0 aliphatic rings. The maximum absolute atomic E-state index is 12.6. The lowest BCUT2D eigenvalue weighted by Gasteiger charge is -2.05. The maximum atomic E-state index is 12.6. The van der Waals surface area contributed by atoms with E-state index in [2.05, 4.69) is 10.2 Å². The molecular weight excluding hydrogens is 387 g/mol. The van der Waals surface area contributed by atoms with Crippen molar-refractivity contribution in [1.82, 2.24) is 10.2 Å². The second-order valence-corrected chi connectivity index (χ2v) is 5.74. The van der Waals surface area contributed by atoms with E-state index in [1.165, 1.54) is 42.5 Å². The fourth-order valence-corrected chi connectivity index (χ4v) is 2.34. The highest BCUT2D eigenvalue weighted by atomic mass is 35.5. The Hall–Kier alpha value is -3.20. The molecule has 27 heavy (non-hydrogen) atoms. The van der Waals surface area contributed by atoms with Gasteiger partial charge in [0.25, 0.3) is 11.6 Å². The molecule has 0 fully saturated rings. The molecule has 1 aromatic heterocycles. The maximum Gasteiger partial charge on any atom is 0.416 e. The van der Waals surface area contributed by atoms with Gasteiger partial charge in [0, 0.05) is 17.7 Å². The van der Waals surface area contributed by atoms with Gasteiger partial charge in [0.2, 0.25) is 5.89 Å². The van der Waals surface area contributed by atoms with Crippen molar-refractivity contribution >= 4 is 28.4 Å². The Bertz CT molecular complexity index is 997. The lowest BCUT2D eigenvalue weighted by molar-refractivity contribution is -0.384. The van der Waals surface area contributed by atoms with Crippen LogP contribution in [-0.4, -0.2) is 15.1 Å². The van der Waals surface area contributed by atoms with Gasteiger partial charge in [-0.3, -0.25) is 10.1 Å². The Kier molecular flexibility index (Phi) is 4.95. The smallest absolute Gasteiger partial charge is 0.415 e. The average molecular weight is 396 g/mol. The first-order chi connectivity index (χ1) is 12.7. The number of nitro benzene ring substituents is 1. The number of alkyl halides is 3. The molecule has 138 valence electrons. The predicted octanol–water partition coefficient (Wildman–Crippen LogP) is 5.40. The number of rotatable bonds is 4. The molecule has 0 saturated heterocycles. The molecule has 0 amide bonds. The van der Waals surface area contributed by atoms with Crippen LogP contribution in [0.5, 0.6) is 0 Å². The zero-order chi connectivity index (χ0) is 19.6. The molecular formula is C17H9ClF3N3O3. The first-order valence-electron chi connectivity index (χ1n) is 7.37. The molecule has 0 radical (unpaired) electrons. The van der Waals surface area contributed by atoms with Crippen LogP contribution < -0.4 is 0 Å². The zero-order valence-corrected chi connectivity index (χ0v) is 14.0. The Labute approximate surface area is 155 Å². The van der Waals surface area contributed by atoms with Gasteiger partial charge in [0.05, 0.1) is 10.5 Å². The summed E-state index contributed by atoms with van der Waals surface area (Å²) in [5.41, 5.74) is 0.0224. The molecule has 0 bridgehead atoms. The van der Waals surface area contributed by atoms with Crippen LogP contribution in [0.15, 0.2) is 52.9 Å². The van der Waals surface area contributed by atoms with Gasteiger partial charge in [-0.1, -0.05) is 23.7 Å². The van der Waals surface area contributed by atoms with Gasteiger partial charge in [-0.25, -0.2) is 0 Å². The second kappa shape index (κ2) is 7.20. The summed E-state index contributed by atoms with van der Waals surface area (Å²) in [6, 6.07) is 9.87. The average Bonchev–Trinajstić information content (AvgIpc) is 3.12. The number of nitro groups is 1. The first-order valence-corrected chi connectivity index (χ1v) is 7.75. The Morgan fingerprint density at radius 1 is 1.07 bits per heavy atom. The van der Waals surface area contributed by atoms with Crippen LogP contribution >= 0.6 is 11.6 Å². The van der Waals surface area contributed by atoms with Crippen molar-refractivity contribution in [2.75, 3.05) is 0 Å². The number of non-ortho nitro benzene ring substituents is 1. The summed E-state index contributed by atoms with van der Waals surface area (Å²) in [5.74, 6) is 0.0591. The van der Waals surface area contributed by atoms with Gasteiger partial charge in [0.1, 0.15) is 5.03 Å². The third-order valence-electron chi connectivity index (χ3n) is 3.49. The van der Waals surface area contributed by atoms with E-state index in [0.717, 1.165) is 12.1 Å². The number of benzene rings is 2. The van der Waals surface area contributed by atoms with Crippen molar-refractivity contribution in [2.24, 2.45) is 0 Å². The van der Waals surface area contributed by atoms with Crippen LogP contribution in [0, 0.1) is 10.1 Å². The molecule has 10 heteroatoms. The highest BCUT2D eigenvalue weighted by Gasteiger charge is 2.29. The summed E-state index contributed by atoms with van der Waals surface area (Å²) >= 11 is 6.09. The van der Waals surface area contributed by atoms with E-state index in [0.29, 0.717) is 11.1 Å². The molecule has 0 N–H and O–H groups in total. The summed E-state index contributed by atoms with van der Waals surface area (Å²) in [7, 11) is 0. The molecule has 3 aromatic rings. The largest absolute Gasteiger partial charge is 0.416 e. The SMILES string of the molecule is O=[N+]([O-])c1ccc(-c2nnc(/C(Cl)=C/c3ccc(C(F)(F)F)cc3)o2)cc1. The Morgan fingerprint density at radius 2 is 1.70 bits per heavy atom. The predicted molar refractivity (Wildman–Crippen MR) is 91.6 cm³/mol. The molecule has 0 aliphatic carbocycles. The van der Waals surface area contributed by atoms with Gasteiger partial charge in [-0.15, -0.1) is 10.2 Å². The molecule has 0 saturated carbocycles. The highest BCUT2D eigenvalue weighted by Crippen LogP contribution is 2.30. The van der Waals surface area contributed by atoms with E-state index in [1.54, 1.807) is 0 Å². The Balaban J connectivity index is 1.81. The molecule has 2 aromatic carbocycles. The summed E-state index contributed by atoms with van der Waals surface area (Å²) in [6.45, 7) is 0. The van der Waals surface area contributed by atoms with Gasteiger partial charge < -0.3 is 4.42 Å². The molecule has 1 heterocycles. The number of hydrogen-bond acceptors (Lipinski definition) is 5. The molecule has 0 unspecified atom stereocenters. The number of nitrogens with zero attached hydrogens (tertiary/aromatic N) is 3. The van der Waals surface area contributed by atoms with E-state index < -0.39 is 16.7 Å². The minimum atomic E-state index is -4.42. The van der Waals surface area contributed by atoms with Crippen molar-refractivity contribution in [3.05, 3.63) is 75.7 Å². The third-order valence-corrected chi connectivity index (χ3v) is 3.76. The van der Waals surface area contributed by atoms with Gasteiger partial charge in [0.15, 0.2) is 0 Å². The fraction of sp³-hybridized carbons (Fsp3) is 0.0588. The first kappa shape index (κ1) is 18.6. The van der Waals surface area contributed by atoms with E-state index in [1.807, 2.05) is 0 Å². The normalized spacial score (nSPS) is 12.2. The monoisotopic (exact) mass is 395 g/mol. The molecule has 0 spiro atoms. The quantitative estimate of drug-likeness (QED) is 0.436. The van der Waals surface area contributed by atoms with Crippen molar-refractivity contribution in [1.29, 1.82) is 0 Å². The second-order valence-electron chi connectivity index (χ2n) is 5.33. The third kappa shape index (κ3) is 4.32. The van der Waals surface area contributed by atoms with E-state index in [-0.39, 0.29) is 22.5 Å². The number of halogens is 4. The zero-order valence-electron chi connectivity index (χ0n) is 13.3. The number of hydrogen-bond donors (Lipinski definition) is 0. The Morgan fingerprint density at radius 3 is 2.26 bits per heavy atom. The summed E-state index contributed by atoms with van der Waals surface area (Å²) in [4.78, 5) is 10.1. The van der Waals surface area contributed by atoms with Crippen LogP contribution in [-0.2, 0) is 6.18 Å². The van der Waals surface area contributed by atoms with Crippen molar-refractivity contribution in [2.45, 2.75) is 6.18 Å². The minimum absolute atomic E-state index is 0.0371. The van der Waals surface area contributed by atoms with Crippen LogP contribution in [0.3, 0.4) is 0 Å². The van der Waals surface area contributed by atoms with E-state index in [9.17, 15) is 23.3 Å².